The summed E-state index contributed by atoms with van der Waals surface area (Å²) in [5, 5.41) is 6.95. The van der Waals surface area contributed by atoms with Crippen LogP contribution >= 0.6 is 0 Å². The summed E-state index contributed by atoms with van der Waals surface area (Å²) >= 11 is 0. The highest BCUT2D eigenvalue weighted by Crippen LogP contribution is 2.56. The van der Waals surface area contributed by atoms with Crippen molar-refractivity contribution in [1.82, 2.24) is 10.6 Å². The topological polar surface area (TPSA) is 36.4 Å². The van der Waals surface area contributed by atoms with E-state index in [9.17, 15) is 0 Å². The first-order valence-corrected chi connectivity index (χ1v) is 6.94. The van der Waals surface area contributed by atoms with Crippen LogP contribution in [-0.4, -0.2) is 25.1 Å². The van der Waals surface area contributed by atoms with Crippen molar-refractivity contribution in [3.8, 4) is 0 Å². The molecule has 0 saturated heterocycles. The van der Waals surface area contributed by atoms with E-state index in [0.29, 0.717) is 5.41 Å². The summed E-state index contributed by atoms with van der Waals surface area (Å²) in [5.41, 5.74) is 0.684. The van der Waals surface area contributed by atoms with E-state index < -0.39 is 0 Å². The van der Waals surface area contributed by atoms with Gasteiger partial charge >= 0.3 is 0 Å². The van der Waals surface area contributed by atoms with Gasteiger partial charge in [-0.05, 0) is 57.8 Å². The average Bonchev–Trinajstić information content (AvgIpc) is 2.96. The molecule has 0 radical (unpaired) electrons. The van der Waals surface area contributed by atoms with Gasteiger partial charge in [-0.1, -0.05) is 6.42 Å². The van der Waals surface area contributed by atoms with Gasteiger partial charge < -0.3 is 10.6 Å². The van der Waals surface area contributed by atoms with Crippen molar-refractivity contribution in [2.75, 3.05) is 13.6 Å². The molecule has 0 amide bonds. The SMILES string of the molecule is CN=C(NCC1(C2CC2)CCC1)NC(C)(C)C. The maximum atomic E-state index is 4.31. The van der Waals surface area contributed by atoms with Crippen LogP contribution in [0.1, 0.15) is 52.9 Å². The van der Waals surface area contributed by atoms with Crippen molar-refractivity contribution in [2.24, 2.45) is 16.3 Å². The van der Waals surface area contributed by atoms with Gasteiger partial charge in [0.05, 0.1) is 0 Å². The number of hydrogen-bond acceptors (Lipinski definition) is 1. The van der Waals surface area contributed by atoms with Crippen molar-refractivity contribution in [1.29, 1.82) is 0 Å². The predicted octanol–water partition coefficient (Wildman–Crippen LogP) is 2.53. The lowest BCUT2D eigenvalue weighted by atomic mass is 9.65. The molecule has 98 valence electrons. The van der Waals surface area contributed by atoms with Crippen LogP contribution in [0.25, 0.3) is 0 Å². The Labute approximate surface area is 105 Å². The first-order valence-electron chi connectivity index (χ1n) is 6.94. The minimum Gasteiger partial charge on any atom is -0.356 e. The van der Waals surface area contributed by atoms with E-state index in [4.69, 9.17) is 0 Å². The van der Waals surface area contributed by atoms with Crippen molar-refractivity contribution in [2.45, 2.75) is 58.4 Å². The Bertz CT molecular complexity index is 293. The van der Waals surface area contributed by atoms with Gasteiger partial charge in [0.2, 0.25) is 0 Å². The lowest BCUT2D eigenvalue weighted by Crippen LogP contribution is -2.52. The molecule has 2 aliphatic carbocycles. The standard InChI is InChI=1S/C14H27N3/c1-13(2,3)17-12(15-4)16-10-14(8-5-9-14)11-6-7-11/h11H,5-10H2,1-4H3,(H2,15,16,17). The van der Waals surface area contributed by atoms with Gasteiger partial charge in [0.15, 0.2) is 5.96 Å². The van der Waals surface area contributed by atoms with Gasteiger partial charge in [-0.15, -0.1) is 0 Å². The molecule has 0 spiro atoms. The van der Waals surface area contributed by atoms with Gasteiger partial charge in [0.1, 0.15) is 0 Å². The summed E-state index contributed by atoms with van der Waals surface area (Å²) in [4.78, 5) is 4.31. The van der Waals surface area contributed by atoms with Crippen LogP contribution in [0.4, 0.5) is 0 Å². The molecule has 0 heterocycles. The number of aliphatic imine (C=N–C) groups is 1. The summed E-state index contributed by atoms with van der Waals surface area (Å²) in [6, 6.07) is 0. The first kappa shape index (κ1) is 12.7. The Morgan fingerprint density at radius 3 is 2.29 bits per heavy atom. The fraction of sp³-hybridized carbons (Fsp3) is 0.929. The molecule has 0 unspecified atom stereocenters. The summed E-state index contributed by atoms with van der Waals surface area (Å²) < 4.78 is 0. The Hall–Kier alpha value is -0.730. The highest BCUT2D eigenvalue weighted by atomic mass is 15.2. The normalized spacial score (nSPS) is 24.1. The second kappa shape index (κ2) is 4.51. The molecule has 0 aromatic heterocycles. The van der Waals surface area contributed by atoms with Crippen LogP contribution in [-0.2, 0) is 0 Å². The molecule has 0 aromatic rings. The molecule has 0 aliphatic heterocycles. The average molecular weight is 237 g/mol. The highest BCUT2D eigenvalue weighted by Gasteiger charge is 2.48. The number of nitrogens with one attached hydrogen (secondary N) is 2. The van der Waals surface area contributed by atoms with E-state index in [1.165, 1.54) is 32.1 Å². The zero-order chi connectivity index (χ0) is 12.5. The largest absolute Gasteiger partial charge is 0.356 e. The van der Waals surface area contributed by atoms with Crippen LogP contribution in [0.15, 0.2) is 4.99 Å². The molecular formula is C14H27N3. The fourth-order valence-electron chi connectivity index (χ4n) is 2.85. The van der Waals surface area contributed by atoms with E-state index in [-0.39, 0.29) is 5.54 Å². The molecule has 2 rings (SSSR count). The predicted molar refractivity (Wildman–Crippen MR) is 73.3 cm³/mol. The fourth-order valence-corrected chi connectivity index (χ4v) is 2.85. The van der Waals surface area contributed by atoms with Crippen molar-refractivity contribution < 1.29 is 0 Å². The molecule has 3 nitrogen and oxygen atoms in total. The lowest BCUT2D eigenvalue weighted by Gasteiger charge is -2.43. The van der Waals surface area contributed by atoms with Gasteiger partial charge in [-0.3, -0.25) is 4.99 Å². The minimum absolute atomic E-state index is 0.0776. The molecule has 3 heteroatoms. The maximum absolute atomic E-state index is 4.31. The monoisotopic (exact) mass is 237 g/mol. The van der Waals surface area contributed by atoms with Crippen LogP contribution in [0.2, 0.25) is 0 Å². The Kier molecular flexibility index (Phi) is 3.37. The van der Waals surface area contributed by atoms with E-state index in [2.05, 4.69) is 36.4 Å². The molecule has 0 atom stereocenters. The molecular weight excluding hydrogens is 210 g/mol. The third-order valence-electron chi connectivity index (χ3n) is 4.12. The summed E-state index contributed by atoms with van der Waals surface area (Å²) in [6.07, 6.45) is 7.15. The summed E-state index contributed by atoms with van der Waals surface area (Å²) in [6.45, 7) is 7.60. The number of guanidine groups is 1. The van der Waals surface area contributed by atoms with Crippen LogP contribution in [0, 0.1) is 11.3 Å². The number of nitrogens with zero attached hydrogens (tertiary/aromatic N) is 1. The van der Waals surface area contributed by atoms with Gasteiger partial charge in [-0.2, -0.15) is 0 Å². The highest BCUT2D eigenvalue weighted by molar-refractivity contribution is 5.80. The zero-order valence-corrected chi connectivity index (χ0v) is 11.8. The number of hydrogen-bond donors (Lipinski definition) is 2. The third kappa shape index (κ3) is 3.14. The van der Waals surface area contributed by atoms with E-state index in [1.54, 1.807) is 0 Å². The van der Waals surface area contributed by atoms with Crippen LogP contribution < -0.4 is 10.6 Å². The first-order chi connectivity index (χ1) is 7.95. The van der Waals surface area contributed by atoms with Gasteiger partial charge in [-0.25, -0.2) is 0 Å². The second-order valence-corrected chi connectivity index (χ2v) is 6.79. The minimum atomic E-state index is 0.0776. The van der Waals surface area contributed by atoms with E-state index in [0.717, 1.165) is 18.4 Å². The molecule has 0 bridgehead atoms. The van der Waals surface area contributed by atoms with Crippen molar-refractivity contribution >= 4 is 5.96 Å². The molecule has 0 aromatic carbocycles. The molecule has 17 heavy (non-hydrogen) atoms. The summed E-state index contributed by atoms with van der Waals surface area (Å²) in [5.74, 6) is 1.95. The molecule has 2 N–H and O–H groups in total. The van der Waals surface area contributed by atoms with E-state index >= 15 is 0 Å². The molecule has 2 fully saturated rings. The Morgan fingerprint density at radius 1 is 1.29 bits per heavy atom. The second-order valence-electron chi connectivity index (χ2n) is 6.79. The zero-order valence-electron chi connectivity index (χ0n) is 11.8. The third-order valence-corrected chi connectivity index (χ3v) is 4.12. The van der Waals surface area contributed by atoms with Crippen LogP contribution in [0.5, 0.6) is 0 Å². The summed E-state index contributed by atoms with van der Waals surface area (Å²) in [7, 11) is 1.85. The van der Waals surface area contributed by atoms with Gasteiger partial charge in [0, 0.05) is 19.1 Å². The van der Waals surface area contributed by atoms with E-state index in [1.807, 2.05) is 7.05 Å². The van der Waals surface area contributed by atoms with Crippen molar-refractivity contribution in [3.63, 3.8) is 0 Å². The van der Waals surface area contributed by atoms with Crippen LogP contribution in [0.3, 0.4) is 0 Å². The smallest absolute Gasteiger partial charge is 0.191 e. The lowest BCUT2D eigenvalue weighted by molar-refractivity contribution is 0.105. The Balaban J connectivity index is 1.83. The molecule has 2 saturated carbocycles. The van der Waals surface area contributed by atoms with Gasteiger partial charge in [0.25, 0.3) is 0 Å². The van der Waals surface area contributed by atoms with Crippen molar-refractivity contribution in [3.05, 3.63) is 0 Å². The Morgan fingerprint density at radius 2 is 1.94 bits per heavy atom. The number of rotatable bonds is 3. The maximum Gasteiger partial charge on any atom is 0.191 e. The quantitative estimate of drug-likeness (QED) is 0.584. The molecule has 2 aliphatic rings.